The Morgan fingerprint density at radius 1 is 1.17 bits per heavy atom. The number of hydrogen-bond donors (Lipinski definition) is 2. The van der Waals surface area contributed by atoms with Gasteiger partial charge in [-0.05, 0) is 55.2 Å². The topological polar surface area (TPSA) is 70.7 Å². The quantitative estimate of drug-likeness (QED) is 0.811. The molecule has 0 radical (unpaired) electrons. The molecule has 1 fully saturated rings. The SMILES string of the molecule is CNC(=O)N1CCC[C@@H](c2cccc(C(=O)N[C@H](C)c3ccc(OC)cc3)c2)C1. The zero-order chi connectivity index (χ0) is 20.8. The van der Waals surface area contributed by atoms with E-state index in [-0.39, 0.29) is 23.9 Å². The third kappa shape index (κ3) is 5.08. The molecule has 2 N–H and O–H groups in total. The van der Waals surface area contributed by atoms with E-state index in [2.05, 4.69) is 10.6 Å². The number of carbonyl (C=O) groups excluding carboxylic acids is 2. The molecule has 0 saturated carbocycles. The Labute approximate surface area is 172 Å². The van der Waals surface area contributed by atoms with Gasteiger partial charge in [-0.1, -0.05) is 24.3 Å². The summed E-state index contributed by atoms with van der Waals surface area (Å²) in [4.78, 5) is 26.6. The lowest BCUT2D eigenvalue weighted by atomic mass is 9.89. The van der Waals surface area contributed by atoms with Crippen LogP contribution in [0.5, 0.6) is 5.75 Å². The molecule has 3 rings (SSSR count). The molecule has 2 atom stereocenters. The van der Waals surface area contributed by atoms with Crippen LogP contribution in [-0.2, 0) is 0 Å². The highest BCUT2D eigenvalue weighted by Crippen LogP contribution is 2.27. The normalized spacial score (nSPS) is 17.3. The number of hydrogen-bond acceptors (Lipinski definition) is 3. The van der Waals surface area contributed by atoms with E-state index in [0.29, 0.717) is 12.1 Å². The van der Waals surface area contributed by atoms with Crippen LogP contribution < -0.4 is 15.4 Å². The second-order valence-electron chi connectivity index (χ2n) is 7.43. The zero-order valence-corrected chi connectivity index (χ0v) is 17.3. The molecular formula is C23H29N3O3. The highest BCUT2D eigenvalue weighted by molar-refractivity contribution is 5.94. The summed E-state index contributed by atoms with van der Waals surface area (Å²) < 4.78 is 5.18. The van der Waals surface area contributed by atoms with Crippen LogP contribution in [0.3, 0.4) is 0 Å². The van der Waals surface area contributed by atoms with Crippen molar-refractivity contribution in [3.05, 3.63) is 65.2 Å². The molecule has 0 aliphatic carbocycles. The Bertz CT molecular complexity index is 851. The first-order valence-corrected chi connectivity index (χ1v) is 10.0. The number of carbonyl (C=O) groups is 2. The molecule has 2 aromatic carbocycles. The third-order valence-corrected chi connectivity index (χ3v) is 5.51. The molecule has 0 spiro atoms. The number of likely N-dealkylation sites (tertiary alicyclic amines) is 1. The first-order valence-electron chi connectivity index (χ1n) is 10.0. The maximum atomic E-state index is 12.8. The zero-order valence-electron chi connectivity index (χ0n) is 17.3. The van der Waals surface area contributed by atoms with E-state index in [1.807, 2.05) is 60.4 Å². The van der Waals surface area contributed by atoms with Crippen LogP contribution in [0.4, 0.5) is 4.79 Å². The average molecular weight is 396 g/mol. The number of piperidine rings is 1. The fraction of sp³-hybridized carbons (Fsp3) is 0.391. The first-order chi connectivity index (χ1) is 14.0. The van der Waals surface area contributed by atoms with Crippen LogP contribution in [0.25, 0.3) is 0 Å². The summed E-state index contributed by atoms with van der Waals surface area (Å²) >= 11 is 0. The Morgan fingerprint density at radius 3 is 2.62 bits per heavy atom. The van der Waals surface area contributed by atoms with Crippen molar-refractivity contribution in [2.45, 2.75) is 31.7 Å². The second-order valence-corrected chi connectivity index (χ2v) is 7.43. The summed E-state index contributed by atoms with van der Waals surface area (Å²) in [6, 6.07) is 15.3. The molecule has 6 nitrogen and oxygen atoms in total. The smallest absolute Gasteiger partial charge is 0.317 e. The van der Waals surface area contributed by atoms with E-state index < -0.39 is 0 Å². The second kappa shape index (κ2) is 9.45. The molecule has 2 aromatic rings. The van der Waals surface area contributed by atoms with Crippen molar-refractivity contribution in [1.82, 2.24) is 15.5 Å². The van der Waals surface area contributed by atoms with Gasteiger partial charge in [0.2, 0.25) is 0 Å². The summed E-state index contributed by atoms with van der Waals surface area (Å²) in [5.74, 6) is 0.931. The minimum absolute atomic E-state index is 0.0445. The van der Waals surface area contributed by atoms with Gasteiger partial charge < -0.3 is 20.3 Å². The largest absolute Gasteiger partial charge is 0.497 e. The van der Waals surface area contributed by atoms with E-state index in [0.717, 1.165) is 36.3 Å². The van der Waals surface area contributed by atoms with E-state index in [9.17, 15) is 9.59 Å². The summed E-state index contributed by atoms with van der Waals surface area (Å²) in [5, 5.41) is 5.76. The highest BCUT2D eigenvalue weighted by atomic mass is 16.5. The van der Waals surface area contributed by atoms with Crippen molar-refractivity contribution < 1.29 is 14.3 Å². The van der Waals surface area contributed by atoms with Gasteiger partial charge in [-0.2, -0.15) is 0 Å². The summed E-state index contributed by atoms with van der Waals surface area (Å²) in [6.07, 6.45) is 1.98. The number of ether oxygens (including phenoxy) is 1. The molecule has 6 heteroatoms. The van der Waals surface area contributed by atoms with Gasteiger partial charge in [0.1, 0.15) is 5.75 Å². The van der Waals surface area contributed by atoms with E-state index in [1.165, 1.54) is 0 Å². The van der Waals surface area contributed by atoms with Gasteiger partial charge in [0.15, 0.2) is 0 Å². The predicted molar refractivity (Wildman–Crippen MR) is 113 cm³/mol. The van der Waals surface area contributed by atoms with Crippen molar-refractivity contribution in [3.8, 4) is 5.75 Å². The van der Waals surface area contributed by atoms with E-state index in [1.54, 1.807) is 14.2 Å². The predicted octanol–water partition coefficient (Wildman–Crippen LogP) is 3.71. The fourth-order valence-corrected chi connectivity index (χ4v) is 3.78. The van der Waals surface area contributed by atoms with Crippen LogP contribution in [-0.4, -0.2) is 44.1 Å². The van der Waals surface area contributed by atoms with Crippen LogP contribution in [0.1, 0.15) is 53.2 Å². The van der Waals surface area contributed by atoms with Gasteiger partial charge in [-0.3, -0.25) is 4.79 Å². The standard InChI is InChI=1S/C23H29N3O3/c1-16(17-9-11-21(29-3)12-10-17)25-22(27)19-7-4-6-18(14-19)20-8-5-13-26(15-20)23(28)24-2/h4,6-7,9-12,14,16,20H,5,8,13,15H2,1-3H3,(H,24,28)(H,25,27)/t16-,20-/m1/s1. The number of benzene rings is 2. The lowest BCUT2D eigenvalue weighted by molar-refractivity contribution is 0.0939. The molecule has 3 amide bonds. The maximum absolute atomic E-state index is 12.8. The Balaban J connectivity index is 1.68. The first kappa shape index (κ1) is 20.7. The van der Waals surface area contributed by atoms with E-state index in [4.69, 9.17) is 4.74 Å². The van der Waals surface area contributed by atoms with Crippen molar-refractivity contribution in [2.75, 3.05) is 27.2 Å². The Hall–Kier alpha value is -3.02. The molecule has 1 saturated heterocycles. The number of amides is 3. The highest BCUT2D eigenvalue weighted by Gasteiger charge is 2.24. The fourth-order valence-electron chi connectivity index (χ4n) is 3.78. The van der Waals surface area contributed by atoms with Gasteiger partial charge in [0.25, 0.3) is 5.91 Å². The lowest BCUT2D eigenvalue weighted by Gasteiger charge is -2.32. The van der Waals surface area contributed by atoms with Crippen molar-refractivity contribution >= 4 is 11.9 Å². The molecule has 0 unspecified atom stereocenters. The number of rotatable bonds is 5. The van der Waals surface area contributed by atoms with Crippen LogP contribution in [0, 0.1) is 0 Å². The Morgan fingerprint density at radius 2 is 1.93 bits per heavy atom. The van der Waals surface area contributed by atoms with Gasteiger partial charge in [-0.25, -0.2) is 4.79 Å². The summed E-state index contributed by atoms with van der Waals surface area (Å²) in [5.41, 5.74) is 2.76. The molecule has 1 heterocycles. The average Bonchev–Trinajstić information content (AvgIpc) is 2.78. The maximum Gasteiger partial charge on any atom is 0.317 e. The van der Waals surface area contributed by atoms with Gasteiger partial charge in [-0.15, -0.1) is 0 Å². The lowest BCUT2D eigenvalue weighted by Crippen LogP contribution is -2.43. The van der Waals surface area contributed by atoms with Crippen molar-refractivity contribution in [1.29, 1.82) is 0 Å². The van der Waals surface area contributed by atoms with Crippen molar-refractivity contribution in [2.24, 2.45) is 0 Å². The van der Waals surface area contributed by atoms with Gasteiger partial charge >= 0.3 is 6.03 Å². The number of nitrogens with zero attached hydrogens (tertiary/aromatic N) is 1. The monoisotopic (exact) mass is 395 g/mol. The molecule has 29 heavy (non-hydrogen) atoms. The minimum Gasteiger partial charge on any atom is -0.497 e. The van der Waals surface area contributed by atoms with Gasteiger partial charge in [0, 0.05) is 31.6 Å². The molecule has 154 valence electrons. The molecular weight excluding hydrogens is 366 g/mol. The number of methoxy groups -OCH3 is 1. The molecule has 0 bridgehead atoms. The third-order valence-electron chi connectivity index (χ3n) is 5.51. The minimum atomic E-state index is -0.115. The Kier molecular flexibility index (Phi) is 6.75. The molecule has 0 aromatic heterocycles. The number of urea groups is 1. The molecule has 1 aliphatic rings. The van der Waals surface area contributed by atoms with Gasteiger partial charge in [0.05, 0.1) is 13.2 Å². The number of nitrogens with one attached hydrogen (secondary N) is 2. The summed E-state index contributed by atoms with van der Waals surface area (Å²) in [6.45, 7) is 3.41. The molecule has 1 aliphatic heterocycles. The van der Waals surface area contributed by atoms with Crippen LogP contribution in [0.15, 0.2) is 48.5 Å². The van der Waals surface area contributed by atoms with Crippen molar-refractivity contribution in [3.63, 3.8) is 0 Å². The summed E-state index contributed by atoms with van der Waals surface area (Å²) in [7, 11) is 3.29. The van der Waals surface area contributed by atoms with E-state index >= 15 is 0 Å². The van der Waals surface area contributed by atoms with Crippen LogP contribution >= 0.6 is 0 Å². The van der Waals surface area contributed by atoms with Crippen LogP contribution in [0.2, 0.25) is 0 Å².